The third-order valence-corrected chi connectivity index (χ3v) is 5.99. The van der Waals surface area contributed by atoms with E-state index in [0.717, 1.165) is 31.2 Å². The fourth-order valence-corrected chi connectivity index (χ4v) is 4.59. The quantitative estimate of drug-likeness (QED) is 0.730. The lowest BCUT2D eigenvalue weighted by molar-refractivity contribution is -0.124. The van der Waals surface area contributed by atoms with Crippen molar-refractivity contribution >= 4 is 23.5 Å². The zero-order valence-electron chi connectivity index (χ0n) is 15.3. The van der Waals surface area contributed by atoms with Crippen LogP contribution in [0.15, 0.2) is 24.3 Å². The molecular formula is C20H28ClN3O2. The van der Waals surface area contributed by atoms with Crippen LogP contribution in [-0.4, -0.2) is 25.0 Å². The number of nitrogens with one attached hydrogen (secondary N) is 3. The smallest absolute Gasteiger partial charge is 0.315 e. The molecule has 0 bridgehead atoms. The Bertz CT molecular complexity index is 646. The van der Waals surface area contributed by atoms with E-state index in [1.165, 1.54) is 12.8 Å². The van der Waals surface area contributed by atoms with Crippen molar-refractivity contribution in [3.8, 4) is 0 Å². The van der Waals surface area contributed by atoms with Gasteiger partial charge in [0.15, 0.2) is 0 Å². The summed E-state index contributed by atoms with van der Waals surface area (Å²) in [5, 5.41) is 9.63. The maximum Gasteiger partial charge on any atom is 0.315 e. The monoisotopic (exact) mass is 377 g/mol. The maximum absolute atomic E-state index is 12.6. The maximum atomic E-state index is 12.6. The summed E-state index contributed by atoms with van der Waals surface area (Å²) in [6.45, 7) is 0. The van der Waals surface area contributed by atoms with E-state index in [-0.39, 0.29) is 29.9 Å². The highest BCUT2D eigenvalue weighted by Crippen LogP contribution is 2.36. The Hall–Kier alpha value is -1.75. The van der Waals surface area contributed by atoms with E-state index < -0.39 is 0 Å². The molecule has 0 spiro atoms. The molecule has 142 valence electrons. The van der Waals surface area contributed by atoms with E-state index in [2.05, 4.69) is 16.0 Å². The minimum atomic E-state index is -0.149. The normalized spacial score (nSPS) is 24.2. The second-order valence-corrected chi connectivity index (χ2v) is 7.95. The minimum Gasteiger partial charge on any atom is -0.359 e. The van der Waals surface area contributed by atoms with E-state index in [1.807, 2.05) is 24.3 Å². The summed E-state index contributed by atoms with van der Waals surface area (Å²) in [5.41, 5.74) is 1.06. The number of rotatable bonds is 5. The first kappa shape index (κ1) is 19.0. The molecule has 6 heteroatoms. The number of hydrogen-bond donors (Lipinski definition) is 3. The summed E-state index contributed by atoms with van der Waals surface area (Å²) in [5.74, 6) is 0.516. The predicted octanol–water partition coefficient (Wildman–Crippen LogP) is 3.79. The third-order valence-electron chi connectivity index (χ3n) is 5.75. The Balaban J connectivity index is 1.61. The van der Waals surface area contributed by atoms with E-state index in [0.29, 0.717) is 17.4 Å². The van der Waals surface area contributed by atoms with Crippen LogP contribution >= 0.6 is 11.6 Å². The van der Waals surface area contributed by atoms with E-state index in [1.54, 1.807) is 7.05 Å². The summed E-state index contributed by atoms with van der Waals surface area (Å²) in [7, 11) is 1.66. The van der Waals surface area contributed by atoms with Crippen LogP contribution in [0.1, 0.15) is 56.6 Å². The molecular weight excluding hydrogens is 350 g/mol. The Kier molecular flexibility index (Phi) is 6.41. The highest BCUT2D eigenvalue weighted by molar-refractivity contribution is 6.30. The molecule has 26 heavy (non-hydrogen) atoms. The van der Waals surface area contributed by atoms with Gasteiger partial charge in [-0.15, -0.1) is 0 Å². The van der Waals surface area contributed by atoms with Crippen LogP contribution in [-0.2, 0) is 4.79 Å². The van der Waals surface area contributed by atoms with Gasteiger partial charge in [0, 0.05) is 24.0 Å². The molecule has 2 saturated carbocycles. The Morgan fingerprint density at radius 3 is 2.62 bits per heavy atom. The van der Waals surface area contributed by atoms with Gasteiger partial charge in [-0.05, 0) is 55.7 Å². The molecule has 0 heterocycles. The molecule has 3 N–H and O–H groups in total. The van der Waals surface area contributed by atoms with Crippen molar-refractivity contribution in [3.63, 3.8) is 0 Å². The van der Waals surface area contributed by atoms with Crippen molar-refractivity contribution in [2.75, 3.05) is 7.05 Å². The topological polar surface area (TPSA) is 70.2 Å². The molecule has 2 fully saturated rings. The number of benzene rings is 1. The van der Waals surface area contributed by atoms with Crippen molar-refractivity contribution in [3.05, 3.63) is 34.9 Å². The van der Waals surface area contributed by atoms with Crippen LogP contribution in [0, 0.1) is 11.8 Å². The van der Waals surface area contributed by atoms with Crippen molar-refractivity contribution in [2.24, 2.45) is 11.8 Å². The SMILES string of the molecule is CNC(=O)[C@@H]1CC[C@@H](NC(=O)NC(c2cccc(Cl)c2)C2CCCC2)C1. The number of hydrogen-bond acceptors (Lipinski definition) is 2. The highest BCUT2D eigenvalue weighted by atomic mass is 35.5. The fourth-order valence-electron chi connectivity index (χ4n) is 4.39. The molecule has 0 saturated heterocycles. The zero-order chi connectivity index (χ0) is 18.5. The Morgan fingerprint density at radius 1 is 1.15 bits per heavy atom. The van der Waals surface area contributed by atoms with Gasteiger partial charge < -0.3 is 16.0 Å². The van der Waals surface area contributed by atoms with Crippen molar-refractivity contribution in [1.29, 1.82) is 0 Å². The molecule has 3 atom stereocenters. The summed E-state index contributed by atoms with van der Waals surface area (Å²) >= 11 is 6.16. The first-order valence-corrected chi connectivity index (χ1v) is 9.98. The summed E-state index contributed by atoms with van der Waals surface area (Å²) < 4.78 is 0. The predicted molar refractivity (Wildman–Crippen MR) is 103 cm³/mol. The molecule has 5 nitrogen and oxygen atoms in total. The van der Waals surface area contributed by atoms with Crippen LogP contribution in [0.2, 0.25) is 5.02 Å². The Morgan fingerprint density at radius 2 is 1.92 bits per heavy atom. The van der Waals surface area contributed by atoms with Crippen LogP contribution in [0.5, 0.6) is 0 Å². The van der Waals surface area contributed by atoms with E-state index in [9.17, 15) is 9.59 Å². The van der Waals surface area contributed by atoms with Crippen molar-refractivity contribution in [2.45, 2.75) is 57.0 Å². The number of halogens is 1. The molecule has 3 amide bonds. The van der Waals surface area contributed by atoms with Gasteiger partial charge in [0.05, 0.1) is 6.04 Å². The van der Waals surface area contributed by atoms with E-state index in [4.69, 9.17) is 11.6 Å². The van der Waals surface area contributed by atoms with Gasteiger partial charge in [0.25, 0.3) is 0 Å². The van der Waals surface area contributed by atoms with Crippen molar-refractivity contribution in [1.82, 2.24) is 16.0 Å². The molecule has 0 aromatic heterocycles. The second kappa shape index (κ2) is 8.76. The second-order valence-electron chi connectivity index (χ2n) is 7.52. The molecule has 1 aromatic rings. The largest absolute Gasteiger partial charge is 0.359 e. The molecule has 3 rings (SSSR count). The number of carbonyl (C=O) groups is 2. The molecule has 2 aliphatic rings. The third kappa shape index (κ3) is 4.70. The van der Waals surface area contributed by atoms with Gasteiger partial charge in [-0.2, -0.15) is 0 Å². The molecule has 2 aliphatic carbocycles. The van der Waals surface area contributed by atoms with Gasteiger partial charge in [0.1, 0.15) is 0 Å². The zero-order valence-corrected chi connectivity index (χ0v) is 16.0. The van der Waals surface area contributed by atoms with Crippen molar-refractivity contribution < 1.29 is 9.59 Å². The molecule has 1 unspecified atom stereocenters. The molecule has 1 aromatic carbocycles. The van der Waals surface area contributed by atoms with Crippen LogP contribution in [0.3, 0.4) is 0 Å². The first-order chi connectivity index (χ1) is 12.6. The lowest BCUT2D eigenvalue weighted by Crippen LogP contribution is -2.44. The average Bonchev–Trinajstić information content (AvgIpc) is 3.31. The van der Waals surface area contributed by atoms with Gasteiger partial charge in [-0.3, -0.25) is 4.79 Å². The summed E-state index contributed by atoms with van der Waals surface area (Å²) in [6.07, 6.45) is 7.04. The van der Waals surface area contributed by atoms with Gasteiger partial charge in [-0.25, -0.2) is 4.79 Å². The van der Waals surface area contributed by atoms with Gasteiger partial charge >= 0.3 is 6.03 Å². The number of amides is 3. The number of carbonyl (C=O) groups excluding carboxylic acids is 2. The highest BCUT2D eigenvalue weighted by Gasteiger charge is 2.32. The lowest BCUT2D eigenvalue weighted by Gasteiger charge is -2.26. The molecule has 0 radical (unpaired) electrons. The first-order valence-electron chi connectivity index (χ1n) is 9.61. The van der Waals surface area contributed by atoms with E-state index >= 15 is 0 Å². The van der Waals surface area contributed by atoms with Gasteiger partial charge in [-0.1, -0.05) is 36.6 Å². The van der Waals surface area contributed by atoms with Crippen LogP contribution in [0.25, 0.3) is 0 Å². The Labute approximate surface area is 160 Å². The van der Waals surface area contributed by atoms with Crippen LogP contribution in [0.4, 0.5) is 4.79 Å². The van der Waals surface area contributed by atoms with Crippen LogP contribution < -0.4 is 16.0 Å². The fraction of sp³-hybridized carbons (Fsp3) is 0.600. The standard InChI is InChI=1S/C20H28ClN3O2/c1-22-19(25)15-9-10-17(12-15)23-20(26)24-18(13-5-2-3-6-13)14-7-4-8-16(21)11-14/h4,7-8,11,13,15,17-18H,2-3,5-6,9-10,12H2,1H3,(H,22,25)(H2,23,24,26)/t15-,17-,18?/m1/s1. The minimum absolute atomic E-state index is 0.00357. The van der Waals surface area contributed by atoms with Gasteiger partial charge in [0.2, 0.25) is 5.91 Å². The molecule has 0 aliphatic heterocycles. The lowest BCUT2D eigenvalue weighted by atomic mass is 9.92. The number of urea groups is 1. The summed E-state index contributed by atoms with van der Waals surface area (Å²) in [6, 6.07) is 7.66. The summed E-state index contributed by atoms with van der Waals surface area (Å²) in [4.78, 5) is 24.4. The average molecular weight is 378 g/mol.